The van der Waals surface area contributed by atoms with Crippen LogP contribution in [0.25, 0.3) is 11.0 Å². The predicted molar refractivity (Wildman–Crippen MR) is 93.1 cm³/mol. The molecular weight excluding hydrogens is 366 g/mol. The maximum atomic E-state index is 12.4. The number of carbonyl (C=O) groups excluding carboxylic acids is 1. The van der Waals surface area contributed by atoms with Crippen LogP contribution in [0.1, 0.15) is 28.0 Å². The third-order valence-electron chi connectivity index (χ3n) is 3.28. The lowest BCUT2D eigenvalue weighted by molar-refractivity contribution is 0.0531. The molecule has 0 radical (unpaired) electrons. The minimum absolute atomic E-state index is 0.105. The van der Waals surface area contributed by atoms with E-state index in [0.717, 1.165) is 11.3 Å². The molecular formula is C15H15N3O5S2. The van der Waals surface area contributed by atoms with Gasteiger partial charge in [-0.25, -0.2) is 18.2 Å². The minimum atomic E-state index is -3.77. The third kappa shape index (κ3) is 3.80. The lowest BCUT2D eigenvalue weighted by Crippen LogP contribution is -2.15. The lowest BCUT2D eigenvalue weighted by atomic mass is 10.2. The van der Waals surface area contributed by atoms with Gasteiger partial charge < -0.3 is 9.26 Å². The van der Waals surface area contributed by atoms with E-state index in [1.807, 2.05) is 0 Å². The molecule has 2 heterocycles. The Balaban J connectivity index is 1.80. The molecule has 10 heteroatoms. The Morgan fingerprint density at radius 3 is 2.88 bits per heavy atom. The lowest BCUT2D eigenvalue weighted by Gasteiger charge is -2.02. The Kier molecular flexibility index (Phi) is 4.73. The van der Waals surface area contributed by atoms with E-state index < -0.39 is 16.0 Å². The van der Waals surface area contributed by atoms with Crippen molar-refractivity contribution >= 4 is 43.4 Å². The summed E-state index contributed by atoms with van der Waals surface area (Å²) in [5, 5.41) is 4.55. The van der Waals surface area contributed by atoms with Crippen LogP contribution in [0.3, 0.4) is 0 Å². The molecule has 3 rings (SSSR count). The first-order chi connectivity index (χ1) is 11.9. The Morgan fingerprint density at radius 2 is 2.12 bits per heavy atom. The number of aryl methyl sites for hydroxylation is 1. The highest BCUT2D eigenvalue weighted by Crippen LogP contribution is 2.26. The van der Waals surface area contributed by atoms with Gasteiger partial charge in [0.05, 0.1) is 12.3 Å². The van der Waals surface area contributed by atoms with E-state index in [1.165, 1.54) is 0 Å². The number of rotatable bonds is 6. The van der Waals surface area contributed by atoms with Crippen LogP contribution >= 0.6 is 11.3 Å². The molecule has 3 aromatic rings. The fourth-order valence-electron chi connectivity index (χ4n) is 2.22. The van der Waals surface area contributed by atoms with Crippen molar-refractivity contribution in [3.8, 4) is 0 Å². The predicted octanol–water partition coefficient (Wildman–Crippen LogP) is 2.71. The average molecular weight is 381 g/mol. The Labute approximate surface area is 147 Å². The zero-order valence-electron chi connectivity index (χ0n) is 13.5. The molecule has 0 bridgehead atoms. The summed E-state index contributed by atoms with van der Waals surface area (Å²) in [6.45, 7) is 3.54. The van der Waals surface area contributed by atoms with Crippen LogP contribution in [-0.4, -0.2) is 31.1 Å². The SMILES string of the molecule is CCOC(=O)c1sc(NS(=O)(=O)Cc2noc3ccccc23)nc1C. The van der Waals surface area contributed by atoms with Gasteiger partial charge in [-0.05, 0) is 26.0 Å². The van der Waals surface area contributed by atoms with E-state index in [2.05, 4.69) is 14.9 Å². The smallest absolute Gasteiger partial charge is 0.350 e. The van der Waals surface area contributed by atoms with E-state index in [0.29, 0.717) is 22.4 Å². The van der Waals surface area contributed by atoms with Gasteiger partial charge in [-0.15, -0.1) is 0 Å². The molecule has 25 heavy (non-hydrogen) atoms. The van der Waals surface area contributed by atoms with E-state index in [-0.39, 0.29) is 22.4 Å². The van der Waals surface area contributed by atoms with Crippen molar-refractivity contribution in [2.45, 2.75) is 19.6 Å². The number of thiazole rings is 1. The highest BCUT2D eigenvalue weighted by molar-refractivity contribution is 7.92. The average Bonchev–Trinajstić information content (AvgIpc) is 3.11. The second kappa shape index (κ2) is 6.81. The van der Waals surface area contributed by atoms with Crippen LogP contribution in [-0.2, 0) is 20.5 Å². The summed E-state index contributed by atoms with van der Waals surface area (Å²) in [6, 6.07) is 7.00. The standard InChI is InChI=1S/C15H15N3O5S2/c1-3-22-14(19)13-9(2)16-15(24-13)18-25(20,21)8-11-10-6-4-5-7-12(10)23-17-11/h4-7H,3,8H2,1-2H3,(H,16,18). The Morgan fingerprint density at radius 1 is 1.36 bits per heavy atom. The van der Waals surface area contributed by atoms with E-state index >= 15 is 0 Å². The largest absolute Gasteiger partial charge is 0.462 e. The molecule has 0 saturated heterocycles. The molecule has 0 aliphatic carbocycles. The van der Waals surface area contributed by atoms with E-state index in [4.69, 9.17) is 9.26 Å². The third-order valence-corrected chi connectivity index (χ3v) is 5.62. The molecule has 0 fully saturated rings. The molecule has 132 valence electrons. The summed E-state index contributed by atoms with van der Waals surface area (Å²) in [4.78, 5) is 16.1. The van der Waals surface area contributed by atoms with Crippen molar-refractivity contribution in [2.75, 3.05) is 11.3 Å². The van der Waals surface area contributed by atoms with Crippen molar-refractivity contribution in [1.29, 1.82) is 0 Å². The quantitative estimate of drug-likeness (QED) is 0.653. The number of hydrogen-bond donors (Lipinski definition) is 1. The molecule has 8 nitrogen and oxygen atoms in total. The minimum Gasteiger partial charge on any atom is -0.462 e. The molecule has 0 aliphatic heterocycles. The first kappa shape index (κ1) is 17.4. The topological polar surface area (TPSA) is 111 Å². The number of nitrogens with one attached hydrogen (secondary N) is 1. The van der Waals surface area contributed by atoms with Crippen molar-refractivity contribution in [3.05, 3.63) is 40.5 Å². The van der Waals surface area contributed by atoms with E-state index in [1.54, 1.807) is 38.1 Å². The summed E-state index contributed by atoms with van der Waals surface area (Å²) in [7, 11) is -3.77. The summed E-state index contributed by atoms with van der Waals surface area (Å²) in [5.41, 5.74) is 1.23. The van der Waals surface area contributed by atoms with Crippen LogP contribution in [0, 0.1) is 6.92 Å². The summed E-state index contributed by atoms with van der Waals surface area (Å²) >= 11 is 0.931. The molecule has 1 N–H and O–H groups in total. The van der Waals surface area contributed by atoms with Gasteiger partial charge in [0.15, 0.2) is 10.7 Å². The van der Waals surface area contributed by atoms with Crippen LogP contribution in [0.2, 0.25) is 0 Å². The molecule has 2 aromatic heterocycles. The van der Waals surface area contributed by atoms with Gasteiger partial charge in [0, 0.05) is 5.39 Å². The van der Waals surface area contributed by atoms with Crippen LogP contribution in [0.4, 0.5) is 5.13 Å². The second-order valence-electron chi connectivity index (χ2n) is 5.14. The van der Waals surface area contributed by atoms with Gasteiger partial charge in [0.1, 0.15) is 16.3 Å². The van der Waals surface area contributed by atoms with Crippen molar-refractivity contribution < 1.29 is 22.5 Å². The number of ether oxygens (including phenoxy) is 1. The first-order valence-electron chi connectivity index (χ1n) is 7.38. The highest BCUT2D eigenvalue weighted by Gasteiger charge is 2.22. The Hall–Kier alpha value is -2.46. The van der Waals surface area contributed by atoms with Crippen LogP contribution in [0.5, 0.6) is 0 Å². The fourth-order valence-corrected chi connectivity index (χ4v) is 4.43. The number of para-hydroxylation sites is 1. The normalized spacial score (nSPS) is 11.6. The number of carbonyl (C=O) groups is 1. The molecule has 0 unspecified atom stereocenters. The number of fused-ring (bicyclic) bond motifs is 1. The number of nitrogens with zero attached hydrogens (tertiary/aromatic N) is 2. The second-order valence-corrected chi connectivity index (χ2v) is 7.86. The molecule has 0 aliphatic rings. The van der Waals surface area contributed by atoms with E-state index in [9.17, 15) is 13.2 Å². The number of benzene rings is 1. The summed E-state index contributed by atoms with van der Waals surface area (Å²) in [5.74, 6) is -0.886. The maximum Gasteiger partial charge on any atom is 0.350 e. The maximum absolute atomic E-state index is 12.4. The van der Waals surface area contributed by atoms with Crippen LogP contribution in [0.15, 0.2) is 28.8 Å². The van der Waals surface area contributed by atoms with Crippen molar-refractivity contribution in [3.63, 3.8) is 0 Å². The highest BCUT2D eigenvalue weighted by atomic mass is 32.2. The van der Waals surface area contributed by atoms with Gasteiger partial charge in [0.2, 0.25) is 10.0 Å². The molecule has 1 aromatic carbocycles. The van der Waals surface area contributed by atoms with Gasteiger partial charge in [-0.3, -0.25) is 4.72 Å². The van der Waals surface area contributed by atoms with Crippen molar-refractivity contribution in [1.82, 2.24) is 10.1 Å². The first-order valence-corrected chi connectivity index (χ1v) is 9.85. The zero-order valence-corrected chi connectivity index (χ0v) is 15.1. The fraction of sp³-hybridized carbons (Fsp3) is 0.267. The number of sulfonamides is 1. The molecule has 0 amide bonds. The number of esters is 1. The summed E-state index contributed by atoms with van der Waals surface area (Å²) < 4.78 is 37.2. The number of aromatic nitrogens is 2. The van der Waals surface area contributed by atoms with Gasteiger partial charge in [0.25, 0.3) is 0 Å². The van der Waals surface area contributed by atoms with Gasteiger partial charge in [-0.1, -0.05) is 28.6 Å². The molecule has 0 spiro atoms. The molecule has 0 atom stereocenters. The summed E-state index contributed by atoms with van der Waals surface area (Å²) in [6.07, 6.45) is 0. The van der Waals surface area contributed by atoms with Crippen LogP contribution < -0.4 is 4.72 Å². The van der Waals surface area contributed by atoms with Gasteiger partial charge >= 0.3 is 5.97 Å². The number of anilines is 1. The zero-order chi connectivity index (χ0) is 18.0. The monoisotopic (exact) mass is 381 g/mol. The number of hydrogen-bond acceptors (Lipinski definition) is 8. The van der Waals surface area contributed by atoms with Gasteiger partial charge in [-0.2, -0.15) is 0 Å². The Bertz CT molecular complexity index is 1020. The molecule has 0 saturated carbocycles. The van der Waals surface area contributed by atoms with Crippen molar-refractivity contribution in [2.24, 2.45) is 0 Å².